The van der Waals surface area contributed by atoms with Gasteiger partial charge in [0.25, 0.3) is 0 Å². The average molecular weight is 280 g/mol. The quantitative estimate of drug-likeness (QED) is 0.818. The molecular formula is C19H24N2. The molecule has 21 heavy (non-hydrogen) atoms. The summed E-state index contributed by atoms with van der Waals surface area (Å²) in [5, 5.41) is 12.2. The molecule has 0 aromatic carbocycles. The maximum atomic E-state index is 8.94. The van der Waals surface area contributed by atoms with E-state index in [1.807, 2.05) is 19.2 Å². The zero-order chi connectivity index (χ0) is 15.2. The van der Waals surface area contributed by atoms with Gasteiger partial charge in [-0.2, -0.15) is 5.26 Å². The van der Waals surface area contributed by atoms with Crippen LogP contribution in [0.25, 0.3) is 0 Å². The molecule has 110 valence electrons. The molecule has 0 heterocycles. The Labute approximate surface area is 128 Å². The highest BCUT2D eigenvalue weighted by atomic mass is 14.8. The molecule has 0 amide bonds. The van der Waals surface area contributed by atoms with Crippen LogP contribution in [0.4, 0.5) is 0 Å². The van der Waals surface area contributed by atoms with E-state index < -0.39 is 0 Å². The third-order valence-electron chi connectivity index (χ3n) is 4.48. The van der Waals surface area contributed by atoms with E-state index in [4.69, 9.17) is 5.26 Å². The molecule has 1 unspecified atom stereocenters. The van der Waals surface area contributed by atoms with E-state index in [1.165, 1.54) is 29.6 Å². The van der Waals surface area contributed by atoms with E-state index >= 15 is 0 Å². The Balaban J connectivity index is 2.28. The van der Waals surface area contributed by atoms with Crippen molar-refractivity contribution >= 4 is 0 Å². The zero-order valence-corrected chi connectivity index (χ0v) is 12.9. The number of nitrogens with one attached hydrogen (secondary N) is 1. The summed E-state index contributed by atoms with van der Waals surface area (Å²) in [5.74, 6) is 0.544. The maximum absolute atomic E-state index is 8.94. The first-order chi connectivity index (χ1) is 10.2. The lowest BCUT2D eigenvalue weighted by Gasteiger charge is -2.29. The van der Waals surface area contributed by atoms with Crippen molar-refractivity contribution in [3.05, 3.63) is 59.3 Å². The molecule has 2 nitrogen and oxygen atoms in total. The summed E-state index contributed by atoms with van der Waals surface area (Å²) >= 11 is 0. The number of hydrogen-bond donors (Lipinski definition) is 1. The van der Waals surface area contributed by atoms with E-state index in [0.29, 0.717) is 5.92 Å². The van der Waals surface area contributed by atoms with E-state index in [1.54, 1.807) is 0 Å². The van der Waals surface area contributed by atoms with Crippen LogP contribution >= 0.6 is 0 Å². The van der Waals surface area contributed by atoms with E-state index in [9.17, 15) is 0 Å². The third-order valence-corrected chi connectivity index (χ3v) is 4.48. The van der Waals surface area contributed by atoms with Crippen molar-refractivity contribution in [1.82, 2.24) is 5.32 Å². The van der Waals surface area contributed by atoms with Crippen LogP contribution < -0.4 is 5.32 Å². The highest BCUT2D eigenvalue weighted by Crippen LogP contribution is 2.38. The van der Waals surface area contributed by atoms with Gasteiger partial charge in [-0.05, 0) is 73.4 Å². The lowest BCUT2D eigenvalue weighted by Crippen LogP contribution is -2.23. The lowest BCUT2D eigenvalue weighted by molar-refractivity contribution is 0.488. The van der Waals surface area contributed by atoms with Crippen LogP contribution in [0.1, 0.15) is 32.1 Å². The minimum atomic E-state index is 0.544. The first-order valence-corrected chi connectivity index (χ1v) is 7.70. The molecular weight excluding hydrogens is 256 g/mol. The Bertz CT molecular complexity index is 567. The van der Waals surface area contributed by atoms with E-state index in [0.717, 1.165) is 37.0 Å². The normalized spacial score (nSPS) is 22.2. The third kappa shape index (κ3) is 3.43. The van der Waals surface area contributed by atoms with Gasteiger partial charge in [-0.3, -0.25) is 0 Å². The predicted octanol–water partition coefficient (Wildman–Crippen LogP) is 4.21. The highest BCUT2D eigenvalue weighted by molar-refractivity contribution is 5.53. The Hall–Kier alpha value is -1.85. The number of allylic oxidation sites excluding steroid dienone is 7. The molecule has 0 saturated heterocycles. The fraction of sp³-hybridized carbons (Fsp3) is 0.421. The summed E-state index contributed by atoms with van der Waals surface area (Å²) < 4.78 is 0. The fourth-order valence-electron chi connectivity index (χ4n) is 3.32. The Morgan fingerprint density at radius 2 is 2.24 bits per heavy atom. The average Bonchev–Trinajstić information content (AvgIpc) is 2.54. The molecule has 0 spiro atoms. The van der Waals surface area contributed by atoms with Gasteiger partial charge in [0.1, 0.15) is 0 Å². The topological polar surface area (TPSA) is 35.8 Å². The van der Waals surface area contributed by atoms with Gasteiger partial charge in [-0.15, -0.1) is 0 Å². The first-order valence-electron chi connectivity index (χ1n) is 7.70. The van der Waals surface area contributed by atoms with Crippen LogP contribution in [0.15, 0.2) is 59.3 Å². The highest BCUT2D eigenvalue weighted by Gasteiger charge is 2.23. The fourth-order valence-corrected chi connectivity index (χ4v) is 3.32. The maximum Gasteiger partial charge on any atom is 0.0947 e. The Morgan fingerprint density at radius 3 is 2.81 bits per heavy atom. The molecule has 0 fully saturated rings. The summed E-state index contributed by atoms with van der Waals surface area (Å²) in [7, 11) is 2.00. The predicted molar refractivity (Wildman–Crippen MR) is 88.6 cm³/mol. The smallest absolute Gasteiger partial charge is 0.0947 e. The van der Waals surface area contributed by atoms with Crippen molar-refractivity contribution in [1.29, 1.82) is 5.26 Å². The summed E-state index contributed by atoms with van der Waals surface area (Å²) in [6.45, 7) is 9.35. The molecule has 0 aliphatic heterocycles. The van der Waals surface area contributed by atoms with Crippen molar-refractivity contribution < 1.29 is 0 Å². The molecule has 2 rings (SSSR count). The summed E-state index contributed by atoms with van der Waals surface area (Å²) in [5.41, 5.74) is 6.02. The minimum Gasteiger partial charge on any atom is -0.319 e. The number of rotatable bonds is 5. The van der Waals surface area contributed by atoms with Crippen LogP contribution in [-0.4, -0.2) is 13.6 Å². The van der Waals surface area contributed by atoms with E-state index in [2.05, 4.69) is 30.6 Å². The van der Waals surface area contributed by atoms with Gasteiger partial charge in [0, 0.05) is 12.1 Å². The summed E-state index contributed by atoms with van der Waals surface area (Å²) in [6.07, 6.45) is 11.3. The summed E-state index contributed by atoms with van der Waals surface area (Å²) in [4.78, 5) is 0. The van der Waals surface area contributed by atoms with Gasteiger partial charge in [-0.1, -0.05) is 25.3 Å². The van der Waals surface area contributed by atoms with Gasteiger partial charge in [0.15, 0.2) is 0 Å². The molecule has 0 aromatic heterocycles. The lowest BCUT2D eigenvalue weighted by atomic mass is 9.77. The van der Waals surface area contributed by atoms with E-state index in [-0.39, 0.29) is 0 Å². The SMILES string of the molecule is C=CC1=C(C(=C)C2=CC=C(C#N)CC2)CCCC1CNC. The van der Waals surface area contributed by atoms with Crippen LogP contribution in [0.5, 0.6) is 0 Å². The molecule has 0 bridgehead atoms. The van der Waals surface area contributed by atoms with Crippen molar-refractivity contribution in [2.75, 3.05) is 13.6 Å². The van der Waals surface area contributed by atoms with Crippen molar-refractivity contribution in [3.63, 3.8) is 0 Å². The molecule has 0 saturated carbocycles. The van der Waals surface area contributed by atoms with Crippen molar-refractivity contribution in [2.45, 2.75) is 32.1 Å². The minimum absolute atomic E-state index is 0.544. The number of hydrogen-bond acceptors (Lipinski definition) is 2. The monoisotopic (exact) mass is 280 g/mol. The molecule has 1 N–H and O–H groups in total. The second-order valence-electron chi connectivity index (χ2n) is 5.76. The molecule has 2 aliphatic rings. The van der Waals surface area contributed by atoms with Gasteiger partial charge < -0.3 is 5.32 Å². The molecule has 0 aromatic rings. The van der Waals surface area contributed by atoms with Crippen molar-refractivity contribution in [2.24, 2.45) is 5.92 Å². The first kappa shape index (κ1) is 15.5. The zero-order valence-electron chi connectivity index (χ0n) is 12.9. The van der Waals surface area contributed by atoms with Crippen LogP contribution in [-0.2, 0) is 0 Å². The number of nitrogens with zero attached hydrogens (tertiary/aromatic N) is 1. The van der Waals surface area contributed by atoms with Crippen LogP contribution in [0.3, 0.4) is 0 Å². The standard InChI is InChI=1S/C19H24N2/c1-4-18-17(13-21-3)6-5-7-19(18)14(2)16-10-8-15(12-20)9-11-16/h4,8,10,17,21H,1-2,5-7,9,11,13H2,3H3. The van der Waals surface area contributed by atoms with Gasteiger partial charge in [0.2, 0.25) is 0 Å². The largest absolute Gasteiger partial charge is 0.319 e. The molecule has 2 heteroatoms. The van der Waals surface area contributed by atoms with Crippen molar-refractivity contribution in [3.8, 4) is 6.07 Å². The van der Waals surface area contributed by atoms with Gasteiger partial charge in [-0.25, -0.2) is 0 Å². The second-order valence-corrected chi connectivity index (χ2v) is 5.76. The molecule has 2 aliphatic carbocycles. The van der Waals surface area contributed by atoms with Gasteiger partial charge >= 0.3 is 0 Å². The van der Waals surface area contributed by atoms with Crippen LogP contribution in [0, 0.1) is 17.2 Å². The Kier molecular flexibility index (Phi) is 5.36. The van der Waals surface area contributed by atoms with Crippen LogP contribution in [0.2, 0.25) is 0 Å². The molecule has 0 radical (unpaired) electrons. The summed E-state index contributed by atoms with van der Waals surface area (Å²) in [6, 6.07) is 2.24. The Morgan fingerprint density at radius 1 is 1.43 bits per heavy atom. The number of nitriles is 1. The van der Waals surface area contributed by atoms with Gasteiger partial charge in [0.05, 0.1) is 6.07 Å². The second kappa shape index (κ2) is 7.24. The molecule has 1 atom stereocenters.